The van der Waals surface area contributed by atoms with Gasteiger partial charge in [-0.3, -0.25) is 4.79 Å². The highest BCUT2D eigenvalue weighted by molar-refractivity contribution is 5.86. The Hall–Kier alpha value is -0.630. The second-order valence-electron chi connectivity index (χ2n) is 6.20. The van der Waals surface area contributed by atoms with Crippen molar-refractivity contribution in [3.63, 3.8) is 0 Å². The average molecular weight is 236 g/mol. The summed E-state index contributed by atoms with van der Waals surface area (Å²) in [6, 6.07) is 0. The Labute approximate surface area is 104 Å². The smallest absolute Gasteiger partial charge is 0.139 e. The molecule has 5 unspecified atom stereocenters. The van der Waals surface area contributed by atoms with E-state index in [1.165, 1.54) is 0 Å². The number of fused-ring (bicyclic) bond motifs is 1. The minimum atomic E-state index is -0.277. The molecule has 0 amide bonds. The number of ketones is 1. The molecule has 0 heterocycles. The third-order valence-electron chi connectivity index (χ3n) is 5.11. The van der Waals surface area contributed by atoms with E-state index in [1.807, 2.05) is 6.08 Å². The molecule has 0 aromatic heterocycles. The van der Waals surface area contributed by atoms with Gasteiger partial charge in [0.1, 0.15) is 5.78 Å². The van der Waals surface area contributed by atoms with Crippen molar-refractivity contribution >= 4 is 5.78 Å². The maximum absolute atomic E-state index is 12.3. The first-order chi connectivity index (χ1) is 8.00. The zero-order chi connectivity index (χ0) is 12.6. The van der Waals surface area contributed by atoms with Gasteiger partial charge in [-0.25, -0.2) is 0 Å². The van der Waals surface area contributed by atoms with E-state index in [2.05, 4.69) is 20.4 Å². The number of carbonyl (C=O) groups is 1. The molecule has 17 heavy (non-hydrogen) atoms. The van der Waals surface area contributed by atoms with Crippen LogP contribution in [0, 0.1) is 23.2 Å². The summed E-state index contributed by atoms with van der Waals surface area (Å²) in [6.07, 6.45) is 6.09. The fourth-order valence-electron chi connectivity index (χ4n) is 4.15. The monoisotopic (exact) mass is 236 g/mol. The van der Waals surface area contributed by atoms with Crippen LogP contribution >= 0.6 is 0 Å². The Morgan fingerprint density at radius 2 is 2.24 bits per heavy atom. The van der Waals surface area contributed by atoms with Crippen LogP contribution in [0.2, 0.25) is 0 Å². The second-order valence-corrected chi connectivity index (χ2v) is 6.20. The van der Waals surface area contributed by atoms with Gasteiger partial charge in [0, 0.05) is 11.8 Å². The molecule has 0 aromatic carbocycles. The van der Waals surface area contributed by atoms with Crippen molar-refractivity contribution in [2.75, 3.05) is 0 Å². The molecule has 0 saturated heterocycles. The number of hydrogen-bond donors (Lipinski definition) is 1. The zero-order valence-corrected chi connectivity index (χ0v) is 11.0. The summed E-state index contributed by atoms with van der Waals surface area (Å²) < 4.78 is 0. The van der Waals surface area contributed by atoms with Crippen molar-refractivity contribution in [1.82, 2.24) is 0 Å². The lowest BCUT2D eigenvalue weighted by atomic mass is 9.53. The van der Waals surface area contributed by atoms with Crippen LogP contribution in [0.3, 0.4) is 0 Å². The fraction of sp³-hybridized carbons (Fsp3) is 0.800. The van der Waals surface area contributed by atoms with Crippen LogP contribution in [0.25, 0.3) is 0 Å². The Morgan fingerprint density at radius 3 is 2.88 bits per heavy atom. The number of hydrogen-bond acceptors (Lipinski definition) is 2. The Bertz CT molecular complexity index is 323. The molecule has 2 aliphatic carbocycles. The van der Waals surface area contributed by atoms with Crippen LogP contribution in [0.15, 0.2) is 12.7 Å². The summed E-state index contributed by atoms with van der Waals surface area (Å²) in [5, 5.41) is 10.2. The minimum Gasteiger partial charge on any atom is -0.393 e. The van der Waals surface area contributed by atoms with Crippen molar-refractivity contribution in [2.45, 2.75) is 52.1 Å². The highest BCUT2D eigenvalue weighted by atomic mass is 16.3. The van der Waals surface area contributed by atoms with E-state index in [1.54, 1.807) is 0 Å². The number of rotatable bonds is 2. The molecule has 0 bridgehead atoms. The van der Waals surface area contributed by atoms with Crippen LogP contribution in [0.1, 0.15) is 46.0 Å². The maximum atomic E-state index is 12.3. The molecule has 2 heteroatoms. The lowest BCUT2D eigenvalue weighted by molar-refractivity contribution is -0.147. The summed E-state index contributed by atoms with van der Waals surface area (Å²) in [5.41, 5.74) is -0.277. The highest BCUT2D eigenvalue weighted by Crippen LogP contribution is 2.52. The van der Waals surface area contributed by atoms with Crippen LogP contribution in [0.4, 0.5) is 0 Å². The molecule has 0 aromatic rings. The summed E-state index contributed by atoms with van der Waals surface area (Å²) in [6.45, 7) is 8.00. The fourth-order valence-corrected chi connectivity index (χ4v) is 4.15. The first-order valence-corrected chi connectivity index (χ1v) is 6.83. The van der Waals surface area contributed by atoms with Gasteiger partial charge in [0.05, 0.1) is 6.10 Å². The molecule has 0 radical (unpaired) electrons. The lowest BCUT2D eigenvalue weighted by Gasteiger charge is -2.51. The van der Waals surface area contributed by atoms with Crippen molar-refractivity contribution < 1.29 is 9.90 Å². The third kappa shape index (κ3) is 1.97. The normalized spacial score (nSPS) is 46.4. The van der Waals surface area contributed by atoms with E-state index < -0.39 is 0 Å². The summed E-state index contributed by atoms with van der Waals surface area (Å²) >= 11 is 0. The number of carbonyl (C=O) groups excluding carboxylic acids is 1. The van der Waals surface area contributed by atoms with E-state index in [9.17, 15) is 9.90 Å². The molecule has 2 rings (SSSR count). The van der Waals surface area contributed by atoms with E-state index >= 15 is 0 Å². The van der Waals surface area contributed by atoms with E-state index in [-0.39, 0.29) is 11.5 Å². The predicted molar refractivity (Wildman–Crippen MR) is 68.5 cm³/mol. The largest absolute Gasteiger partial charge is 0.393 e. The molecule has 2 aliphatic rings. The van der Waals surface area contributed by atoms with Crippen LogP contribution in [-0.2, 0) is 4.79 Å². The SMILES string of the molecule is C=CCC1(C)C(=O)CC(C)C2C(O)CCCC21. The maximum Gasteiger partial charge on any atom is 0.139 e. The molecule has 2 fully saturated rings. The van der Waals surface area contributed by atoms with Crippen LogP contribution in [0.5, 0.6) is 0 Å². The lowest BCUT2D eigenvalue weighted by Crippen LogP contribution is -2.52. The first-order valence-electron chi connectivity index (χ1n) is 6.83. The number of aliphatic hydroxyl groups excluding tert-OH is 1. The average Bonchev–Trinajstić information content (AvgIpc) is 2.27. The van der Waals surface area contributed by atoms with Gasteiger partial charge in [-0.05, 0) is 37.0 Å². The highest BCUT2D eigenvalue weighted by Gasteiger charge is 2.52. The Kier molecular flexibility index (Phi) is 3.44. The molecular formula is C15H24O2. The van der Waals surface area contributed by atoms with E-state index in [4.69, 9.17) is 0 Å². The molecule has 5 atom stereocenters. The third-order valence-corrected chi connectivity index (χ3v) is 5.11. The topological polar surface area (TPSA) is 37.3 Å². The number of allylic oxidation sites excluding steroid dienone is 1. The predicted octanol–water partition coefficient (Wildman–Crippen LogP) is 2.95. The summed E-state index contributed by atoms with van der Waals surface area (Å²) in [5.74, 6) is 1.37. The number of Topliss-reactive ketones (excluding diaryl/α,β-unsaturated/α-hetero) is 1. The molecule has 2 saturated carbocycles. The van der Waals surface area contributed by atoms with Gasteiger partial charge in [0.2, 0.25) is 0 Å². The van der Waals surface area contributed by atoms with Gasteiger partial charge in [-0.15, -0.1) is 6.58 Å². The Balaban J connectivity index is 2.33. The van der Waals surface area contributed by atoms with E-state index in [0.717, 1.165) is 25.7 Å². The summed E-state index contributed by atoms with van der Waals surface area (Å²) in [4.78, 5) is 12.3. The first kappa shape index (κ1) is 12.8. The minimum absolute atomic E-state index is 0.207. The van der Waals surface area contributed by atoms with Crippen molar-refractivity contribution in [3.05, 3.63) is 12.7 Å². The Morgan fingerprint density at radius 1 is 1.53 bits per heavy atom. The zero-order valence-electron chi connectivity index (χ0n) is 11.0. The van der Waals surface area contributed by atoms with Crippen LogP contribution < -0.4 is 0 Å². The van der Waals surface area contributed by atoms with Gasteiger partial charge < -0.3 is 5.11 Å². The molecule has 2 nitrogen and oxygen atoms in total. The van der Waals surface area contributed by atoms with Gasteiger partial charge in [-0.2, -0.15) is 0 Å². The molecule has 1 N–H and O–H groups in total. The quantitative estimate of drug-likeness (QED) is 0.748. The molecule has 0 spiro atoms. The molecule has 96 valence electrons. The van der Waals surface area contributed by atoms with Crippen molar-refractivity contribution in [2.24, 2.45) is 23.2 Å². The van der Waals surface area contributed by atoms with Gasteiger partial charge in [-0.1, -0.05) is 26.3 Å². The van der Waals surface area contributed by atoms with Crippen molar-refractivity contribution in [1.29, 1.82) is 0 Å². The number of aliphatic hydroxyl groups is 1. The van der Waals surface area contributed by atoms with E-state index in [0.29, 0.717) is 30.0 Å². The van der Waals surface area contributed by atoms with Gasteiger partial charge >= 0.3 is 0 Å². The van der Waals surface area contributed by atoms with Gasteiger partial charge in [0.15, 0.2) is 0 Å². The van der Waals surface area contributed by atoms with Crippen molar-refractivity contribution in [3.8, 4) is 0 Å². The summed E-state index contributed by atoms with van der Waals surface area (Å²) in [7, 11) is 0. The molecule has 0 aliphatic heterocycles. The standard InChI is InChI=1S/C15H24O2/c1-4-8-15(3)11-6-5-7-12(16)14(11)10(2)9-13(15)17/h4,10-12,14,16H,1,5-9H2,2-3H3. The van der Waals surface area contributed by atoms with Crippen LogP contribution in [-0.4, -0.2) is 17.0 Å². The van der Waals surface area contributed by atoms with Gasteiger partial charge in [0.25, 0.3) is 0 Å². The second kappa shape index (κ2) is 4.56. The molecular weight excluding hydrogens is 212 g/mol.